The van der Waals surface area contributed by atoms with E-state index in [-0.39, 0.29) is 70.0 Å². The van der Waals surface area contributed by atoms with Crippen LogP contribution in [0, 0.1) is 11.8 Å². The van der Waals surface area contributed by atoms with Crippen LogP contribution in [0.15, 0.2) is 41.6 Å². The third-order valence-electron chi connectivity index (χ3n) is 5.62. The summed E-state index contributed by atoms with van der Waals surface area (Å²) in [7, 11) is 0. The van der Waals surface area contributed by atoms with Crippen molar-refractivity contribution in [3.63, 3.8) is 0 Å². The van der Waals surface area contributed by atoms with E-state index in [1.165, 1.54) is 4.90 Å². The molecule has 2 amide bonds. The van der Waals surface area contributed by atoms with Gasteiger partial charge in [0, 0.05) is 5.25 Å². The molecule has 4 rings (SSSR count). The summed E-state index contributed by atoms with van der Waals surface area (Å²) < 4.78 is 0. The Labute approximate surface area is 184 Å². The molecule has 1 saturated carbocycles. The van der Waals surface area contributed by atoms with Crippen LogP contribution in [0.5, 0.6) is 0 Å². The molecule has 0 radical (unpaired) electrons. The Kier molecular flexibility index (Phi) is 5.77. The first kappa shape index (κ1) is 20.5. The molecule has 2 heterocycles. The predicted octanol–water partition coefficient (Wildman–Crippen LogP) is -2.71. The number of β-lactam (4-membered cyclic amide) rings is 1. The molecular weight excluding hydrogens is 375 g/mol. The topological polar surface area (TPSA) is 89.5 Å². The third kappa shape index (κ3) is 3.24. The number of benzene rings is 1. The number of carbonyl (C=O) groups is 3. The number of carboxylic acids is 1. The molecule has 1 aromatic rings. The number of hydrogen-bond acceptors (Lipinski definition) is 5. The number of rotatable bonds is 4. The van der Waals surface area contributed by atoms with E-state index in [9.17, 15) is 19.5 Å². The Hall–Kier alpha value is -1.28. The predicted molar refractivity (Wildman–Crippen MR) is 94.5 cm³/mol. The van der Waals surface area contributed by atoms with Gasteiger partial charge < -0.3 is 15.2 Å². The minimum absolute atomic E-state index is 0. The number of amides is 2. The standard InChI is InChI=1S/C19H20N2O4S.Na/c1-9-10(2)16-13(9)15(19(24)25)21-17(23)14(18(21)26-16)20-12(22)8-11-6-4-3-5-7-11;/h3-7,9-10,14,16,18H,8H2,1-2H3,(H,20,22)(H,24,25);/q;+1/p-1/t9-,10+,14-,16+,18-;/m1./s1. The second kappa shape index (κ2) is 7.62. The Bertz CT molecular complexity index is 828. The smallest absolute Gasteiger partial charge is 0.543 e. The van der Waals surface area contributed by atoms with Gasteiger partial charge in [0.25, 0.3) is 5.91 Å². The zero-order valence-electron chi connectivity index (χ0n) is 15.5. The van der Waals surface area contributed by atoms with Crippen molar-refractivity contribution in [2.45, 2.75) is 36.9 Å². The van der Waals surface area contributed by atoms with Crippen molar-refractivity contribution >= 4 is 29.5 Å². The maximum atomic E-state index is 12.5. The summed E-state index contributed by atoms with van der Waals surface area (Å²) in [5.41, 5.74) is 1.67. The molecule has 2 aliphatic heterocycles. The Morgan fingerprint density at radius 3 is 2.52 bits per heavy atom. The van der Waals surface area contributed by atoms with Crippen LogP contribution in [-0.4, -0.2) is 39.3 Å². The second-order valence-electron chi connectivity index (χ2n) is 7.10. The van der Waals surface area contributed by atoms with E-state index in [2.05, 4.69) is 12.2 Å². The van der Waals surface area contributed by atoms with Crippen LogP contribution in [-0.2, 0) is 20.8 Å². The van der Waals surface area contributed by atoms with E-state index >= 15 is 0 Å². The van der Waals surface area contributed by atoms with Crippen molar-refractivity contribution in [2.75, 3.05) is 0 Å². The van der Waals surface area contributed by atoms with Crippen molar-refractivity contribution in [2.24, 2.45) is 11.8 Å². The fourth-order valence-corrected chi connectivity index (χ4v) is 5.93. The number of thioether (sulfide) groups is 1. The fraction of sp³-hybridized carbons (Fsp3) is 0.421. The average Bonchev–Trinajstić information content (AvgIpc) is 2.64. The molecule has 0 bridgehead atoms. The van der Waals surface area contributed by atoms with Gasteiger partial charge >= 0.3 is 29.6 Å². The van der Waals surface area contributed by atoms with Crippen LogP contribution in [0.25, 0.3) is 0 Å². The molecule has 1 aromatic carbocycles. The zero-order valence-corrected chi connectivity index (χ0v) is 18.3. The Morgan fingerprint density at radius 1 is 1.22 bits per heavy atom. The van der Waals surface area contributed by atoms with Gasteiger partial charge in [-0.2, -0.15) is 0 Å². The summed E-state index contributed by atoms with van der Waals surface area (Å²) in [5.74, 6) is -1.46. The van der Waals surface area contributed by atoms with Gasteiger partial charge in [-0.05, 0) is 23.0 Å². The molecule has 0 unspecified atom stereocenters. The van der Waals surface area contributed by atoms with Crippen molar-refractivity contribution in [1.82, 2.24) is 10.2 Å². The molecule has 3 aliphatic rings. The molecule has 136 valence electrons. The third-order valence-corrected chi connectivity index (χ3v) is 7.36. The van der Waals surface area contributed by atoms with E-state index in [4.69, 9.17) is 0 Å². The normalized spacial score (nSPS) is 31.0. The molecular formula is C19H19N2NaO4S. The molecule has 6 nitrogen and oxygen atoms in total. The molecule has 5 atom stereocenters. The zero-order chi connectivity index (χ0) is 18.6. The van der Waals surface area contributed by atoms with Crippen LogP contribution >= 0.6 is 11.8 Å². The summed E-state index contributed by atoms with van der Waals surface area (Å²) in [4.78, 5) is 37.8. The van der Waals surface area contributed by atoms with Gasteiger partial charge in [-0.3, -0.25) is 14.5 Å². The van der Waals surface area contributed by atoms with Crippen molar-refractivity contribution < 1.29 is 49.0 Å². The van der Waals surface area contributed by atoms with Crippen molar-refractivity contribution in [3.8, 4) is 0 Å². The molecule has 27 heavy (non-hydrogen) atoms. The summed E-state index contributed by atoms with van der Waals surface area (Å²) in [5, 5.41) is 14.1. The van der Waals surface area contributed by atoms with Gasteiger partial charge in [-0.25, -0.2) is 0 Å². The largest absolute Gasteiger partial charge is 1.00 e. The molecule has 8 heteroatoms. The van der Waals surface area contributed by atoms with Crippen LogP contribution in [0.2, 0.25) is 0 Å². The van der Waals surface area contributed by atoms with Crippen LogP contribution in [0.4, 0.5) is 0 Å². The van der Waals surface area contributed by atoms with E-state index in [1.807, 2.05) is 37.3 Å². The van der Waals surface area contributed by atoms with Crippen LogP contribution in [0.3, 0.4) is 0 Å². The minimum atomic E-state index is -1.31. The quantitative estimate of drug-likeness (QED) is 0.443. The van der Waals surface area contributed by atoms with E-state index in [1.54, 1.807) is 11.8 Å². The van der Waals surface area contributed by atoms with E-state index in [0.717, 1.165) is 11.1 Å². The number of nitrogens with zero attached hydrogens (tertiary/aromatic N) is 1. The van der Waals surface area contributed by atoms with E-state index < -0.39 is 12.0 Å². The van der Waals surface area contributed by atoms with E-state index in [0.29, 0.717) is 5.92 Å². The fourth-order valence-electron chi connectivity index (χ4n) is 4.00. The summed E-state index contributed by atoms with van der Waals surface area (Å²) >= 11 is 1.57. The maximum Gasteiger partial charge on any atom is 1.00 e. The van der Waals surface area contributed by atoms with Crippen molar-refractivity contribution in [1.29, 1.82) is 0 Å². The number of nitrogens with one attached hydrogen (secondary N) is 1. The molecule has 0 aromatic heterocycles. The van der Waals surface area contributed by atoms with Crippen LogP contribution < -0.4 is 40.0 Å². The Balaban J connectivity index is 0.00000210. The first-order valence-electron chi connectivity index (χ1n) is 8.67. The number of hydrogen-bond donors (Lipinski definition) is 1. The van der Waals surface area contributed by atoms with Gasteiger partial charge in [0.1, 0.15) is 11.4 Å². The number of carbonyl (C=O) groups excluding carboxylic acids is 3. The monoisotopic (exact) mass is 394 g/mol. The molecule has 1 N–H and O–H groups in total. The number of aliphatic carboxylic acids is 1. The van der Waals surface area contributed by atoms with Crippen LogP contribution in [0.1, 0.15) is 19.4 Å². The minimum Gasteiger partial charge on any atom is -0.543 e. The first-order valence-corrected chi connectivity index (χ1v) is 9.61. The van der Waals surface area contributed by atoms with Crippen molar-refractivity contribution in [3.05, 3.63) is 47.2 Å². The second-order valence-corrected chi connectivity index (χ2v) is 8.37. The molecule has 0 spiro atoms. The summed E-state index contributed by atoms with van der Waals surface area (Å²) in [6.07, 6.45) is 0.188. The Morgan fingerprint density at radius 2 is 1.89 bits per heavy atom. The van der Waals surface area contributed by atoms with Gasteiger partial charge in [0.2, 0.25) is 5.91 Å². The van der Waals surface area contributed by atoms with Gasteiger partial charge in [-0.15, -0.1) is 11.8 Å². The number of carboxylic acid groups (broad SMARTS) is 1. The maximum absolute atomic E-state index is 12.5. The molecule has 2 fully saturated rings. The average molecular weight is 394 g/mol. The van der Waals surface area contributed by atoms with Gasteiger partial charge in [0.15, 0.2) is 0 Å². The molecule has 1 aliphatic carbocycles. The molecule has 1 saturated heterocycles. The summed E-state index contributed by atoms with van der Waals surface area (Å²) in [6, 6.07) is 8.60. The SMILES string of the molecule is C[C@@H]1[C@@H]2S[C@@H]3[C@H](NC(=O)Cc4ccccc4)C(=O)N3C(C(=O)[O-])=C2[C@@H]1C.[Na+]. The van der Waals surface area contributed by atoms with Gasteiger partial charge in [0.05, 0.1) is 18.1 Å². The number of fused-ring (bicyclic) bond motifs is 2. The first-order chi connectivity index (χ1) is 12.4. The summed E-state index contributed by atoms with van der Waals surface area (Å²) in [6.45, 7) is 4.06. The van der Waals surface area contributed by atoms with Gasteiger partial charge in [-0.1, -0.05) is 44.2 Å².